The van der Waals surface area contributed by atoms with Gasteiger partial charge in [-0.05, 0) is 65.1 Å². The predicted molar refractivity (Wildman–Crippen MR) is 133 cm³/mol. The molecule has 1 aliphatic carbocycles. The van der Waals surface area contributed by atoms with E-state index in [9.17, 15) is 27.5 Å². The summed E-state index contributed by atoms with van der Waals surface area (Å²) in [6.07, 6.45) is 9.42. The van der Waals surface area contributed by atoms with Crippen molar-refractivity contribution in [3.63, 3.8) is 0 Å². The Labute approximate surface area is 213 Å². The smallest absolute Gasteiger partial charge is 0.341 e. The van der Waals surface area contributed by atoms with Crippen molar-refractivity contribution in [2.75, 3.05) is 0 Å². The summed E-state index contributed by atoms with van der Waals surface area (Å²) >= 11 is 0. The molecule has 2 nitrogen and oxygen atoms in total. The Morgan fingerprint density at radius 1 is 0.784 bits per heavy atom. The molecule has 37 heavy (non-hydrogen) atoms. The monoisotopic (exact) mass is 516 g/mol. The van der Waals surface area contributed by atoms with E-state index in [0.29, 0.717) is 23.6 Å². The number of aromatic carboxylic acids is 1. The number of carbonyl (C=O) groups is 1. The van der Waals surface area contributed by atoms with Gasteiger partial charge in [-0.2, -0.15) is 0 Å². The summed E-state index contributed by atoms with van der Waals surface area (Å²) in [6.45, 7) is 2.22. The van der Waals surface area contributed by atoms with E-state index in [2.05, 4.69) is 6.92 Å². The lowest BCUT2D eigenvalue weighted by atomic mass is 9.78. The first-order chi connectivity index (χ1) is 17.7. The molecule has 0 aliphatic heterocycles. The number of benzene rings is 3. The molecular formula is C30H29F5O2. The van der Waals surface area contributed by atoms with Gasteiger partial charge in [-0.3, -0.25) is 0 Å². The van der Waals surface area contributed by atoms with Crippen LogP contribution >= 0.6 is 0 Å². The van der Waals surface area contributed by atoms with Gasteiger partial charge in [0, 0.05) is 5.56 Å². The molecule has 7 heteroatoms. The minimum absolute atomic E-state index is 0.0915. The zero-order valence-corrected chi connectivity index (χ0v) is 20.6. The number of hydrogen-bond donors (Lipinski definition) is 1. The lowest BCUT2D eigenvalue weighted by Gasteiger charge is -2.28. The average Bonchev–Trinajstić information content (AvgIpc) is 2.86. The van der Waals surface area contributed by atoms with E-state index in [1.165, 1.54) is 38.5 Å². The van der Waals surface area contributed by atoms with Gasteiger partial charge >= 0.3 is 5.97 Å². The molecular weight excluding hydrogens is 487 g/mol. The van der Waals surface area contributed by atoms with E-state index in [1.54, 1.807) is 12.1 Å². The highest BCUT2D eigenvalue weighted by Gasteiger charge is 2.26. The van der Waals surface area contributed by atoms with Gasteiger partial charge in [0.2, 0.25) is 0 Å². The quantitative estimate of drug-likeness (QED) is 0.240. The highest BCUT2D eigenvalue weighted by Crippen LogP contribution is 2.39. The van der Waals surface area contributed by atoms with Crippen LogP contribution in [0.3, 0.4) is 0 Å². The van der Waals surface area contributed by atoms with Crippen molar-refractivity contribution in [3.05, 3.63) is 82.7 Å². The van der Waals surface area contributed by atoms with Gasteiger partial charge in [0.05, 0.1) is 0 Å². The fourth-order valence-electron chi connectivity index (χ4n) is 5.46. The van der Waals surface area contributed by atoms with E-state index < -0.39 is 51.7 Å². The topological polar surface area (TPSA) is 37.3 Å². The van der Waals surface area contributed by atoms with Crippen molar-refractivity contribution >= 4 is 5.97 Å². The van der Waals surface area contributed by atoms with Crippen molar-refractivity contribution in [1.29, 1.82) is 0 Å². The average molecular weight is 517 g/mol. The summed E-state index contributed by atoms with van der Waals surface area (Å²) in [4.78, 5) is 11.5. The van der Waals surface area contributed by atoms with Crippen molar-refractivity contribution in [2.24, 2.45) is 11.8 Å². The van der Waals surface area contributed by atoms with Gasteiger partial charge in [0.25, 0.3) is 0 Å². The molecule has 1 aliphatic rings. The first-order valence-electron chi connectivity index (χ1n) is 12.7. The maximum Gasteiger partial charge on any atom is 0.341 e. The van der Waals surface area contributed by atoms with Crippen LogP contribution in [0, 0.1) is 40.9 Å². The molecule has 0 atom stereocenters. The van der Waals surface area contributed by atoms with Crippen LogP contribution < -0.4 is 0 Å². The van der Waals surface area contributed by atoms with E-state index in [1.807, 2.05) is 12.1 Å². The number of carboxylic acid groups (broad SMARTS) is 1. The summed E-state index contributed by atoms with van der Waals surface area (Å²) in [5, 5.41) is 9.29. The first kappa shape index (κ1) is 26.8. The van der Waals surface area contributed by atoms with Crippen molar-refractivity contribution in [1.82, 2.24) is 0 Å². The highest BCUT2D eigenvalue weighted by molar-refractivity contribution is 5.94. The zero-order chi connectivity index (χ0) is 26.7. The second-order valence-electron chi connectivity index (χ2n) is 9.94. The summed E-state index contributed by atoms with van der Waals surface area (Å²) in [5.41, 5.74) is -0.927. The van der Waals surface area contributed by atoms with Gasteiger partial charge in [-0.15, -0.1) is 0 Å². The van der Waals surface area contributed by atoms with Crippen LogP contribution in [0.1, 0.15) is 67.8 Å². The second kappa shape index (κ2) is 11.4. The predicted octanol–water partition coefficient (Wildman–Crippen LogP) is 8.95. The molecule has 4 rings (SSSR count). The molecule has 1 saturated carbocycles. The van der Waals surface area contributed by atoms with Crippen LogP contribution in [-0.2, 0) is 6.42 Å². The van der Waals surface area contributed by atoms with Gasteiger partial charge in [-0.25, -0.2) is 26.7 Å². The van der Waals surface area contributed by atoms with Crippen LogP contribution in [0.4, 0.5) is 22.0 Å². The van der Waals surface area contributed by atoms with E-state index in [4.69, 9.17) is 0 Å². The number of aryl methyl sites for hydroxylation is 1. The summed E-state index contributed by atoms with van der Waals surface area (Å²) in [6, 6.07) is 8.89. The number of halogens is 5. The second-order valence-corrected chi connectivity index (χ2v) is 9.94. The Kier molecular flexibility index (Phi) is 8.30. The van der Waals surface area contributed by atoms with E-state index in [0.717, 1.165) is 30.4 Å². The van der Waals surface area contributed by atoms with Gasteiger partial charge in [-0.1, -0.05) is 69.7 Å². The van der Waals surface area contributed by atoms with Crippen LogP contribution in [0.15, 0.2) is 42.5 Å². The molecule has 1 fully saturated rings. The molecule has 0 radical (unpaired) electrons. The molecule has 0 spiro atoms. The number of carboxylic acids is 1. The van der Waals surface area contributed by atoms with Crippen molar-refractivity contribution in [3.8, 4) is 22.3 Å². The van der Waals surface area contributed by atoms with E-state index >= 15 is 4.39 Å². The first-order valence-corrected chi connectivity index (χ1v) is 12.7. The lowest BCUT2D eigenvalue weighted by Crippen LogP contribution is -2.15. The molecule has 196 valence electrons. The Hall–Kier alpha value is -3.22. The maximum atomic E-state index is 15.3. The molecule has 3 aromatic carbocycles. The summed E-state index contributed by atoms with van der Waals surface area (Å²) in [7, 11) is 0. The SMILES string of the molecule is CCC[C@H]1CC[C@H](CCc2ccc(-c3cc(F)c(C(=O)O)c(F)c3-c3cc(F)c(F)c(F)c3)cc2)CC1. The Morgan fingerprint density at radius 3 is 1.89 bits per heavy atom. The third kappa shape index (κ3) is 5.86. The molecule has 0 heterocycles. The maximum absolute atomic E-state index is 15.3. The molecule has 0 unspecified atom stereocenters. The third-order valence-corrected chi connectivity index (χ3v) is 7.47. The summed E-state index contributed by atoms with van der Waals surface area (Å²) < 4.78 is 71.4. The largest absolute Gasteiger partial charge is 0.477 e. The number of rotatable bonds is 8. The third-order valence-electron chi connectivity index (χ3n) is 7.47. The van der Waals surface area contributed by atoms with Gasteiger partial charge in [0.15, 0.2) is 17.5 Å². The molecule has 0 amide bonds. The Balaban J connectivity index is 1.62. The van der Waals surface area contributed by atoms with Crippen molar-refractivity contribution in [2.45, 2.75) is 58.3 Å². The van der Waals surface area contributed by atoms with E-state index in [-0.39, 0.29) is 5.56 Å². The van der Waals surface area contributed by atoms with Gasteiger partial charge < -0.3 is 5.11 Å². The fourth-order valence-corrected chi connectivity index (χ4v) is 5.46. The zero-order valence-electron chi connectivity index (χ0n) is 20.6. The standard InChI is InChI=1S/C30H29F5O2/c1-2-3-17-4-6-18(7-5-17)8-9-19-10-12-20(13-11-19)22-16-23(31)27(30(36)37)29(35)26(22)21-14-24(32)28(34)25(33)15-21/h10-18H,2-9H2,1H3,(H,36,37)/t17-,18-. The molecule has 0 saturated heterocycles. The van der Waals surface area contributed by atoms with Crippen LogP contribution in [0.2, 0.25) is 0 Å². The Morgan fingerprint density at radius 2 is 1.35 bits per heavy atom. The molecule has 0 aromatic heterocycles. The molecule has 3 aromatic rings. The van der Waals surface area contributed by atoms with Crippen molar-refractivity contribution < 1.29 is 31.9 Å². The Bertz CT molecular complexity index is 1260. The van der Waals surface area contributed by atoms with Crippen LogP contribution in [0.5, 0.6) is 0 Å². The minimum atomic E-state index is -1.87. The summed E-state index contributed by atoms with van der Waals surface area (Å²) in [5.74, 6) is -8.05. The number of hydrogen-bond acceptors (Lipinski definition) is 1. The highest BCUT2D eigenvalue weighted by atomic mass is 19.2. The lowest BCUT2D eigenvalue weighted by molar-refractivity contribution is 0.0686. The van der Waals surface area contributed by atoms with Crippen LogP contribution in [0.25, 0.3) is 22.3 Å². The van der Waals surface area contributed by atoms with Crippen LogP contribution in [-0.4, -0.2) is 11.1 Å². The molecule has 1 N–H and O–H groups in total. The minimum Gasteiger partial charge on any atom is -0.477 e. The normalized spacial score (nSPS) is 17.7. The fraction of sp³-hybridized carbons (Fsp3) is 0.367. The van der Waals surface area contributed by atoms with Gasteiger partial charge in [0.1, 0.15) is 17.2 Å². The molecule has 0 bridgehead atoms.